The van der Waals surface area contributed by atoms with Gasteiger partial charge in [-0.25, -0.2) is 0 Å². The van der Waals surface area contributed by atoms with Gasteiger partial charge >= 0.3 is 0 Å². The van der Waals surface area contributed by atoms with E-state index in [0.717, 1.165) is 26.2 Å². The molecule has 1 unspecified atom stereocenters. The molecule has 1 aliphatic rings. The van der Waals surface area contributed by atoms with Gasteiger partial charge in [-0.05, 0) is 29.9 Å². The lowest BCUT2D eigenvalue weighted by atomic mass is 9.99. The van der Waals surface area contributed by atoms with Crippen LogP contribution in [0.3, 0.4) is 0 Å². The van der Waals surface area contributed by atoms with Crippen LogP contribution < -0.4 is 10.6 Å². The number of anilines is 1. The van der Waals surface area contributed by atoms with Crippen molar-refractivity contribution in [2.45, 2.75) is 26.3 Å². The van der Waals surface area contributed by atoms with Crippen LogP contribution in [-0.2, 0) is 17.7 Å². The first-order valence-electron chi connectivity index (χ1n) is 6.85. The van der Waals surface area contributed by atoms with E-state index in [1.165, 1.54) is 29.7 Å². The standard InChI is InChI=1S/C15H24N2O/c1-12(11-18-2)9-16-10-14-6-3-5-13-7-4-8-17-15(13)14/h3,5-6,12,16-17H,4,7-11H2,1-2H3. The number of methoxy groups -OCH3 is 1. The van der Waals surface area contributed by atoms with E-state index in [1.807, 2.05) is 0 Å². The van der Waals surface area contributed by atoms with Crippen molar-refractivity contribution < 1.29 is 4.74 Å². The maximum atomic E-state index is 5.14. The predicted molar refractivity (Wildman–Crippen MR) is 76.0 cm³/mol. The second-order valence-corrected chi connectivity index (χ2v) is 5.17. The highest BCUT2D eigenvalue weighted by atomic mass is 16.5. The van der Waals surface area contributed by atoms with E-state index in [0.29, 0.717) is 5.92 Å². The number of aryl methyl sites for hydroxylation is 1. The van der Waals surface area contributed by atoms with E-state index in [1.54, 1.807) is 7.11 Å². The quantitative estimate of drug-likeness (QED) is 0.811. The Hall–Kier alpha value is -1.06. The summed E-state index contributed by atoms with van der Waals surface area (Å²) in [5.41, 5.74) is 4.21. The number of para-hydroxylation sites is 1. The van der Waals surface area contributed by atoms with Crippen molar-refractivity contribution in [2.24, 2.45) is 5.92 Å². The van der Waals surface area contributed by atoms with Gasteiger partial charge in [-0.2, -0.15) is 0 Å². The molecule has 0 fully saturated rings. The third kappa shape index (κ3) is 3.47. The lowest BCUT2D eigenvalue weighted by molar-refractivity contribution is 0.158. The van der Waals surface area contributed by atoms with Gasteiger partial charge in [0.2, 0.25) is 0 Å². The molecule has 1 aromatic carbocycles. The fourth-order valence-corrected chi connectivity index (χ4v) is 2.52. The fraction of sp³-hybridized carbons (Fsp3) is 0.600. The van der Waals surface area contributed by atoms with Crippen molar-refractivity contribution in [3.63, 3.8) is 0 Å². The topological polar surface area (TPSA) is 33.3 Å². The van der Waals surface area contributed by atoms with E-state index in [-0.39, 0.29) is 0 Å². The van der Waals surface area contributed by atoms with Crippen molar-refractivity contribution in [3.05, 3.63) is 29.3 Å². The molecule has 1 heterocycles. The minimum atomic E-state index is 0.558. The van der Waals surface area contributed by atoms with E-state index >= 15 is 0 Å². The molecule has 1 atom stereocenters. The van der Waals surface area contributed by atoms with E-state index < -0.39 is 0 Å². The fourth-order valence-electron chi connectivity index (χ4n) is 2.52. The highest BCUT2D eigenvalue weighted by Crippen LogP contribution is 2.25. The van der Waals surface area contributed by atoms with E-state index in [4.69, 9.17) is 4.74 Å². The zero-order valence-electron chi connectivity index (χ0n) is 11.5. The zero-order valence-corrected chi connectivity index (χ0v) is 11.5. The lowest BCUT2D eigenvalue weighted by Crippen LogP contribution is -2.24. The molecule has 2 N–H and O–H groups in total. The Bertz CT molecular complexity index is 379. The number of hydrogen-bond donors (Lipinski definition) is 2. The van der Waals surface area contributed by atoms with Crippen LogP contribution in [0.25, 0.3) is 0 Å². The normalized spacial score (nSPS) is 15.9. The van der Waals surface area contributed by atoms with Gasteiger partial charge in [-0.15, -0.1) is 0 Å². The highest BCUT2D eigenvalue weighted by Gasteiger charge is 2.11. The molecule has 0 radical (unpaired) electrons. The molecule has 0 aliphatic carbocycles. The maximum Gasteiger partial charge on any atom is 0.0499 e. The first-order valence-corrected chi connectivity index (χ1v) is 6.85. The average Bonchev–Trinajstić information content (AvgIpc) is 2.39. The molecule has 18 heavy (non-hydrogen) atoms. The molecule has 0 bridgehead atoms. The van der Waals surface area contributed by atoms with Crippen molar-refractivity contribution in [2.75, 3.05) is 32.1 Å². The van der Waals surface area contributed by atoms with Crippen LogP contribution in [0, 0.1) is 5.92 Å². The summed E-state index contributed by atoms with van der Waals surface area (Å²) < 4.78 is 5.14. The molecule has 1 aliphatic heterocycles. The largest absolute Gasteiger partial charge is 0.385 e. The van der Waals surface area contributed by atoms with E-state index in [2.05, 4.69) is 35.8 Å². The summed E-state index contributed by atoms with van der Waals surface area (Å²) in [5, 5.41) is 7.05. The van der Waals surface area contributed by atoms with Crippen molar-refractivity contribution in [3.8, 4) is 0 Å². The second kappa shape index (κ2) is 6.76. The summed E-state index contributed by atoms with van der Waals surface area (Å²) in [6, 6.07) is 6.62. The number of benzene rings is 1. The molecule has 2 rings (SSSR count). The number of fused-ring (bicyclic) bond motifs is 1. The van der Waals surface area contributed by atoms with Crippen LogP contribution >= 0.6 is 0 Å². The third-order valence-corrected chi connectivity index (χ3v) is 3.42. The van der Waals surface area contributed by atoms with Crippen LogP contribution in [0.2, 0.25) is 0 Å². The molecule has 1 aromatic rings. The molecule has 3 nitrogen and oxygen atoms in total. The van der Waals surface area contributed by atoms with Gasteiger partial charge in [0.25, 0.3) is 0 Å². The van der Waals surface area contributed by atoms with Crippen molar-refractivity contribution in [1.29, 1.82) is 0 Å². The number of ether oxygens (including phenoxy) is 1. The molecule has 0 saturated carbocycles. The van der Waals surface area contributed by atoms with Gasteiger partial charge in [0.15, 0.2) is 0 Å². The van der Waals surface area contributed by atoms with Gasteiger partial charge in [0, 0.05) is 39.0 Å². The minimum absolute atomic E-state index is 0.558. The minimum Gasteiger partial charge on any atom is -0.385 e. The summed E-state index contributed by atoms with van der Waals surface area (Å²) in [4.78, 5) is 0. The van der Waals surface area contributed by atoms with Gasteiger partial charge in [-0.3, -0.25) is 0 Å². The van der Waals surface area contributed by atoms with E-state index in [9.17, 15) is 0 Å². The summed E-state index contributed by atoms with van der Waals surface area (Å²) in [5.74, 6) is 0.558. The van der Waals surface area contributed by atoms with Gasteiger partial charge < -0.3 is 15.4 Å². The molecule has 0 saturated heterocycles. The molecular formula is C15H24N2O. The van der Waals surface area contributed by atoms with Gasteiger partial charge in [-0.1, -0.05) is 25.1 Å². The van der Waals surface area contributed by atoms with Crippen molar-refractivity contribution in [1.82, 2.24) is 5.32 Å². The van der Waals surface area contributed by atoms with Crippen LogP contribution in [0.15, 0.2) is 18.2 Å². The molecule has 3 heteroatoms. The van der Waals surface area contributed by atoms with Crippen LogP contribution in [-0.4, -0.2) is 26.8 Å². The first-order chi connectivity index (χ1) is 8.81. The summed E-state index contributed by atoms with van der Waals surface area (Å²) in [7, 11) is 1.76. The highest BCUT2D eigenvalue weighted by molar-refractivity contribution is 5.59. The smallest absolute Gasteiger partial charge is 0.0499 e. The SMILES string of the molecule is COCC(C)CNCc1cccc2c1NCCC2. The lowest BCUT2D eigenvalue weighted by Gasteiger charge is -2.21. The first kappa shape index (κ1) is 13.4. The maximum absolute atomic E-state index is 5.14. The Morgan fingerprint density at radius 3 is 3.17 bits per heavy atom. The van der Waals surface area contributed by atoms with Crippen LogP contribution in [0.5, 0.6) is 0 Å². The summed E-state index contributed by atoms with van der Waals surface area (Å²) >= 11 is 0. The zero-order chi connectivity index (χ0) is 12.8. The average molecular weight is 248 g/mol. The summed E-state index contributed by atoms with van der Waals surface area (Å²) in [6.45, 7) is 6.05. The molecule has 0 spiro atoms. The monoisotopic (exact) mass is 248 g/mol. The third-order valence-electron chi connectivity index (χ3n) is 3.42. The van der Waals surface area contributed by atoms with Crippen molar-refractivity contribution >= 4 is 5.69 Å². The Morgan fingerprint density at radius 1 is 1.44 bits per heavy atom. The van der Waals surface area contributed by atoms with Crippen LogP contribution in [0.4, 0.5) is 5.69 Å². The Balaban J connectivity index is 1.89. The molecule has 100 valence electrons. The number of nitrogens with one attached hydrogen (secondary N) is 2. The van der Waals surface area contributed by atoms with Gasteiger partial charge in [0.1, 0.15) is 0 Å². The number of rotatable bonds is 6. The van der Waals surface area contributed by atoms with Crippen LogP contribution in [0.1, 0.15) is 24.5 Å². The Labute approximate surface area is 110 Å². The predicted octanol–water partition coefficient (Wildman–Crippen LogP) is 2.42. The number of hydrogen-bond acceptors (Lipinski definition) is 3. The summed E-state index contributed by atoms with van der Waals surface area (Å²) in [6.07, 6.45) is 2.45. The molecule has 0 aromatic heterocycles. The Kier molecular flexibility index (Phi) is 5.02. The molecule has 0 amide bonds. The molecular weight excluding hydrogens is 224 g/mol. The second-order valence-electron chi connectivity index (χ2n) is 5.17. The van der Waals surface area contributed by atoms with Gasteiger partial charge in [0.05, 0.1) is 0 Å². The Morgan fingerprint density at radius 2 is 2.33 bits per heavy atom.